The molecule has 4 nitrogen and oxygen atoms in total. The van der Waals surface area contributed by atoms with Crippen molar-refractivity contribution in [2.45, 2.75) is 5.16 Å². The van der Waals surface area contributed by atoms with E-state index in [1.165, 1.54) is 10.4 Å². The number of ether oxygens (including phenoxy) is 1. The van der Waals surface area contributed by atoms with Gasteiger partial charge in [0.15, 0.2) is 5.16 Å². The molecule has 0 saturated carbocycles. The van der Waals surface area contributed by atoms with Crippen molar-refractivity contribution >= 4 is 44.9 Å². The Morgan fingerprint density at radius 2 is 1.96 bits per heavy atom. The molecular formula is C18H18ClN3OS2. The zero-order valence-electron chi connectivity index (χ0n) is 13.7. The van der Waals surface area contributed by atoms with E-state index in [0.717, 1.165) is 54.0 Å². The van der Waals surface area contributed by atoms with Gasteiger partial charge >= 0.3 is 0 Å². The van der Waals surface area contributed by atoms with Crippen molar-refractivity contribution in [1.82, 2.24) is 14.9 Å². The maximum atomic E-state index is 6.41. The number of rotatable bonds is 5. The van der Waals surface area contributed by atoms with E-state index in [0.29, 0.717) is 5.15 Å². The molecule has 0 radical (unpaired) electrons. The molecule has 130 valence electrons. The normalized spacial score (nSPS) is 15.7. The smallest absolute Gasteiger partial charge is 0.190 e. The number of benzene rings is 1. The first-order valence-electron chi connectivity index (χ1n) is 8.25. The molecule has 4 rings (SSSR count). The highest BCUT2D eigenvalue weighted by atomic mass is 35.5. The molecule has 2 aromatic heterocycles. The SMILES string of the molecule is Clc1nc(SCCN2CCOCC2)nc2sc(-c3ccccc3)cc12. The Labute approximate surface area is 160 Å². The molecule has 0 atom stereocenters. The van der Waals surface area contributed by atoms with Crippen molar-refractivity contribution in [3.05, 3.63) is 41.6 Å². The second kappa shape index (κ2) is 8.01. The molecule has 3 heterocycles. The van der Waals surface area contributed by atoms with Crippen molar-refractivity contribution in [1.29, 1.82) is 0 Å². The lowest BCUT2D eigenvalue weighted by atomic mass is 10.2. The Hall–Kier alpha value is -1.18. The van der Waals surface area contributed by atoms with E-state index < -0.39 is 0 Å². The van der Waals surface area contributed by atoms with Crippen LogP contribution in [0.1, 0.15) is 0 Å². The summed E-state index contributed by atoms with van der Waals surface area (Å²) in [7, 11) is 0. The second-order valence-corrected chi connectivity index (χ2v) is 8.25. The molecule has 1 fully saturated rings. The van der Waals surface area contributed by atoms with Gasteiger partial charge in [0, 0.05) is 35.7 Å². The van der Waals surface area contributed by atoms with E-state index in [9.17, 15) is 0 Å². The maximum Gasteiger partial charge on any atom is 0.190 e. The number of fused-ring (bicyclic) bond motifs is 1. The minimum atomic E-state index is 0.539. The molecule has 0 bridgehead atoms. The quantitative estimate of drug-likeness (QED) is 0.365. The Kier molecular flexibility index (Phi) is 5.53. The van der Waals surface area contributed by atoms with E-state index in [4.69, 9.17) is 21.3 Å². The minimum Gasteiger partial charge on any atom is -0.379 e. The average molecular weight is 392 g/mol. The number of hydrogen-bond donors (Lipinski definition) is 0. The Morgan fingerprint density at radius 3 is 2.76 bits per heavy atom. The summed E-state index contributed by atoms with van der Waals surface area (Å²) in [5, 5.41) is 2.23. The molecule has 0 N–H and O–H groups in total. The van der Waals surface area contributed by atoms with Gasteiger partial charge in [0.2, 0.25) is 0 Å². The van der Waals surface area contributed by atoms with Crippen molar-refractivity contribution in [3.8, 4) is 10.4 Å². The number of hydrogen-bond acceptors (Lipinski definition) is 6. The topological polar surface area (TPSA) is 38.2 Å². The van der Waals surface area contributed by atoms with Gasteiger partial charge in [-0.3, -0.25) is 4.90 Å². The molecule has 1 aliphatic heterocycles. The third-order valence-corrected chi connectivity index (χ3v) is 6.32. The fourth-order valence-electron chi connectivity index (χ4n) is 2.77. The molecular weight excluding hydrogens is 374 g/mol. The largest absolute Gasteiger partial charge is 0.379 e. The lowest BCUT2D eigenvalue weighted by molar-refractivity contribution is 0.0410. The van der Waals surface area contributed by atoms with Crippen LogP contribution in [0.25, 0.3) is 20.7 Å². The fraction of sp³-hybridized carbons (Fsp3) is 0.333. The zero-order chi connectivity index (χ0) is 17.1. The first-order valence-corrected chi connectivity index (χ1v) is 10.4. The Morgan fingerprint density at radius 1 is 1.16 bits per heavy atom. The molecule has 3 aromatic rings. The van der Waals surface area contributed by atoms with Crippen LogP contribution in [0.4, 0.5) is 0 Å². The van der Waals surface area contributed by atoms with Crippen molar-refractivity contribution in [2.75, 3.05) is 38.6 Å². The summed E-state index contributed by atoms with van der Waals surface area (Å²) in [4.78, 5) is 13.7. The van der Waals surface area contributed by atoms with Gasteiger partial charge in [-0.2, -0.15) is 0 Å². The Balaban J connectivity index is 1.49. The van der Waals surface area contributed by atoms with Gasteiger partial charge < -0.3 is 4.74 Å². The number of thiophene rings is 1. The standard InChI is InChI=1S/C18H18ClN3OS2/c19-16-14-12-15(13-4-2-1-3-5-13)25-17(14)21-18(20-16)24-11-8-22-6-9-23-10-7-22/h1-5,12H,6-11H2. The summed E-state index contributed by atoms with van der Waals surface area (Å²) in [6.07, 6.45) is 0. The lowest BCUT2D eigenvalue weighted by Crippen LogP contribution is -2.37. The molecule has 1 saturated heterocycles. The highest BCUT2D eigenvalue weighted by molar-refractivity contribution is 7.99. The second-order valence-electron chi connectivity index (χ2n) is 5.79. The van der Waals surface area contributed by atoms with E-state index in [1.807, 2.05) is 18.2 Å². The fourth-order valence-corrected chi connectivity index (χ4v) is 5.04. The van der Waals surface area contributed by atoms with Crippen LogP contribution in [0, 0.1) is 0 Å². The molecule has 1 aromatic carbocycles. The molecule has 7 heteroatoms. The molecule has 1 aliphatic rings. The zero-order valence-corrected chi connectivity index (χ0v) is 16.0. The van der Waals surface area contributed by atoms with Crippen LogP contribution < -0.4 is 0 Å². The molecule has 0 amide bonds. The summed E-state index contributed by atoms with van der Waals surface area (Å²) in [5.41, 5.74) is 1.18. The van der Waals surface area contributed by atoms with E-state index in [2.05, 4.69) is 28.1 Å². The number of morpholine rings is 1. The van der Waals surface area contributed by atoms with Gasteiger partial charge in [0.1, 0.15) is 9.98 Å². The maximum absolute atomic E-state index is 6.41. The summed E-state index contributed by atoms with van der Waals surface area (Å²) >= 11 is 9.74. The van der Waals surface area contributed by atoms with Crippen LogP contribution in [-0.4, -0.2) is 53.5 Å². The summed E-state index contributed by atoms with van der Waals surface area (Å²) in [6.45, 7) is 4.69. The first-order chi connectivity index (χ1) is 12.3. The van der Waals surface area contributed by atoms with Gasteiger partial charge in [-0.1, -0.05) is 53.7 Å². The highest BCUT2D eigenvalue weighted by Gasteiger charge is 2.13. The number of nitrogens with zero attached hydrogens (tertiary/aromatic N) is 3. The first kappa shape index (κ1) is 17.2. The van der Waals surface area contributed by atoms with Gasteiger partial charge in [0.25, 0.3) is 0 Å². The highest BCUT2D eigenvalue weighted by Crippen LogP contribution is 2.36. The third-order valence-electron chi connectivity index (χ3n) is 4.13. The van der Waals surface area contributed by atoms with Crippen LogP contribution in [0.15, 0.2) is 41.6 Å². The predicted octanol–water partition coefficient (Wildman–Crippen LogP) is 4.44. The third kappa shape index (κ3) is 4.15. The van der Waals surface area contributed by atoms with Gasteiger partial charge in [-0.05, 0) is 11.6 Å². The van der Waals surface area contributed by atoms with E-state index >= 15 is 0 Å². The molecule has 25 heavy (non-hydrogen) atoms. The minimum absolute atomic E-state index is 0.539. The Bertz CT molecular complexity index is 850. The lowest BCUT2D eigenvalue weighted by Gasteiger charge is -2.26. The van der Waals surface area contributed by atoms with E-state index in [1.54, 1.807) is 23.1 Å². The van der Waals surface area contributed by atoms with Crippen LogP contribution in [0.3, 0.4) is 0 Å². The van der Waals surface area contributed by atoms with Gasteiger partial charge in [-0.15, -0.1) is 11.3 Å². The van der Waals surface area contributed by atoms with Gasteiger partial charge in [-0.25, -0.2) is 9.97 Å². The van der Waals surface area contributed by atoms with Crippen molar-refractivity contribution in [2.24, 2.45) is 0 Å². The number of aromatic nitrogens is 2. The number of thioether (sulfide) groups is 1. The summed E-state index contributed by atoms with van der Waals surface area (Å²) in [5.74, 6) is 0.957. The summed E-state index contributed by atoms with van der Waals surface area (Å²) in [6, 6.07) is 12.4. The van der Waals surface area contributed by atoms with Crippen LogP contribution in [-0.2, 0) is 4.74 Å². The van der Waals surface area contributed by atoms with Crippen LogP contribution in [0.5, 0.6) is 0 Å². The van der Waals surface area contributed by atoms with Crippen molar-refractivity contribution in [3.63, 3.8) is 0 Å². The average Bonchev–Trinajstić information content (AvgIpc) is 3.08. The van der Waals surface area contributed by atoms with Crippen molar-refractivity contribution < 1.29 is 4.74 Å². The van der Waals surface area contributed by atoms with Crippen LogP contribution in [0.2, 0.25) is 5.15 Å². The predicted molar refractivity (Wildman–Crippen MR) is 106 cm³/mol. The number of halogens is 1. The van der Waals surface area contributed by atoms with Crippen LogP contribution >= 0.6 is 34.7 Å². The van der Waals surface area contributed by atoms with E-state index in [-0.39, 0.29) is 0 Å². The summed E-state index contributed by atoms with van der Waals surface area (Å²) < 4.78 is 5.38. The molecule has 0 aliphatic carbocycles. The molecule has 0 unspecified atom stereocenters. The van der Waals surface area contributed by atoms with Gasteiger partial charge in [0.05, 0.1) is 13.2 Å². The molecule has 0 spiro atoms. The monoisotopic (exact) mass is 391 g/mol.